The summed E-state index contributed by atoms with van der Waals surface area (Å²) in [5, 5.41) is 12.8. The number of fused-ring (bicyclic) bond motifs is 1. The summed E-state index contributed by atoms with van der Waals surface area (Å²) in [6.45, 7) is 0.679. The smallest absolute Gasteiger partial charge is 0.267 e. The summed E-state index contributed by atoms with van der Waals surface area (Å²) in [6.07, 6.45) is 4.13. The van der Waals surface area contributed by atoms with E-state index in [1.165, 1.54) is 18.0 Å². The molecular weight excluding hydrogens is 278 g/mol. The topological polar surface area (TPSA) is 84.2 Å². The molecule has 0 aromatic carbocycles. The number of aromatic nitrogens is 2. The largest absolute Gasteiger partial charge is 0.396 e. The van der Waals surface area contributed by atoms with Crippen LogP contribution in [0.1, 0.15) is 29.6 Å². The van der Waals surface area contributed by atoms with Gasteiger partial charge in [-0.2, -0.15) is 0 Å². The summed E-state index contributed by atoms with van der Waals surface area (Å²) < 4.78 is 1.55. The first-order chi connectivity index (χ1) is 9.70. The second kappa shape index (κ2) is 5.57. The van der Waals surface area contributed by atoms with Crippen molar-refractivity contribution in [2.45, 2.75) is 37.0 Å². The van der Waals surface area contributed by atoms with Crippen LogP contribution < -0.4 is 10.9 Å². The lowest BCUT2D eigenvalue weighted by molar-refractivity contribution is 0.0913. The Balaban J connectivity index is 1.80. The van der Waals surface area contributed by atoms with Gasteiger partial charge in [0.2, 0.25) is 0 Å². The number of thioether (sulfide) groups is 1. The van der Waals surface area contributed by atoms with Crippen LogP contribution in [0.25, 0.3) is 0 Å². The average Bonchev–Trinajstić information content (AvgIpc) is 3.07. The van der Waals surface area contributed by atoms with Crippen molar-refractivity contribution in [2.24, 2.45) is 5.92 Å². The lowest BCUT2D eigenvalue weighted by Crippen LogP contribution is -2.41. The highest BCUT2D eigenvalue weighted by atomic mass is 32.2. The minimum absolute atomic E-state index is 0.0421. The minimum Gasteiger partial charge on any atom is -0.396 e. The number of aliphatic hydroxyl groups excluding tert-OH is 1. The third-order valence-corrected chi connectivity index (χ3v) is 4.98. The van der Waals surface area contributed by atoms with Crippen LogP contribution in [0.2, 0.25) is 0 Å². The molecular formula is C13H17N3O3S. The first-order valence-electron chi connectivity index (χ1n) is 6.85. The Morgan fingerprint density at radius 1 is 1.55 bits per heavy atom. The molecule has 2 aliphatic rings. The Morgan fingerprint density at radius 3 is 3.20 bits per heavy atom. The van der Waals surface area contributed by atoms with E-state index >= 15 is 0 Å². The lowest BCUT2D eigenvalue weighted by atomic mass is 10.0. The molecule has 7 heteroatoms. The number of amides is 1. The van der Waals surface area contributed by atoms with E-state index in [0.717, 1.165) is 25.0 Å². The molecule has 1 aliphatic heterocycles. The van der Waals surface area contributed by atoms with E-state index < -0.39 is 0 Å². The second-order valence-corrected chi connectivity index (χ2v) is 6.28. The highest BCUT2D eigenvalue weighted by molar-refractivity contribution is 7.99. The molecule has 6 nitrogen and oxygen atoms in total. The maximum absolute atomic E-state index is 12.2. The molecule has 0 bridgehead atoms. The number of hydrogen-bond acceptors (Lipinski definition) is 5. The summed E-state index contributed by atoms with van der Waals surface area (Å²) in [7, 11) is 0. The first-order valence-corrected chi connectivity index (χ1v) is 7.83. The Morgan fingerprint density at radius 2 is 2.40 bits per heavy atom. The number of aliphatic hydroxyl groups is 1. The van der Waals surface area contributed by atoms with Crippen LogP contribution >= 0.6 is 11.8 Å². The van der Waals surface area contributed by atoms with Gasteiger partial charge in [-0.3, -0.25) is 14.2 Å². The van der Waals surface area contributed by atoms with Gasteiger partial charge in [-0.1, -0.05) is 18.2 Å². The van der Waals surface area contributed by atoms with Crippen LogP contribution in [0.5, 0.6) is 0 Å². The van der Waals surface area contributed by atoms with E-state index in [-0.39, 0.29) is 35.6 Å². The molecule has 0 radical (unpaired) electrons. The summed E-state index contributed by atoms with van der Waals surface area (Å²) in [5.41, 5.74) is -0.170. The van der Waals surface area contributed by atoms with Crippen LogP contribution in [-0.2, 0) is 6.54 Å². The highest BCUT2D eigenvalue weighted by Crippen LogP contribution is 2.25. The fraction of sp³-hybridized carbons (Fsp3) is 0.615. The van der Waals surface area contributed by atoms with E-state index in [1.54, 1.807) is 4.57 Å². The molecule has 2 N–H and O–H groups in total. The fourth-order valence-electron chi connectivity index (χ4n) is 2.86. The average molecular weight is 295 g/mol. The van der Waals surface area contributed by atoms with Crippen molar-refractivity contribution in [3.05, 3.63) is 22.1 Å². The third-order valence-electron chi connectivity index (χ3n) is 4.01. The van der Waals surface area contributed by atoms with Gasteiger partial charge in [0.1, 0.15) is 5.56 Å². The van der Waals surface area contributed by atoms with Gasteiger partial charge < -0.3 is 10.4 Å². The fourth-order valence-corrected chi connectivity index (χ4v) is 3.78. The molecule has 20 heavy (non-hydrogen) atoms. The second-order valence-electron chi connectivity index (χ2n) is 5.21. The van der Waals surface area contributed by atoms with E-state index in [4.69, 9.17) is 0 Å². The molecule has 3 rings (SSSR count). The molecule has 1 aliphatic carbocycles. The number of nitrogens with zero attached hydrogens (tertiary/aromatic N) is 2. The summed E-state index contributed by atoms with van der Waals surface area (Å²) in [5.74, 6) is 0.544. The van der Waals surface area contributed by atoms with Crippen LogP contribution in [0.4, 0.5) is 0 Å². The molecule has 1 amide bonds. The third kappa shape index (κ3) is 2.35. The van der Waals surface area contributed by atoms with Crippen LogP contribution in [0.15, 0.2) is 16.1 Å². The zero-order valence-corrected chi connectivity index (χ0v) is 11.9. The van der Waals surface area contributed by atoms with E-state index in [1.807, 2.05) is 0 Å². The SMILES string of the molecule is O=C(NC1CCCC1CO)c1cnc2n(c1=O)CCS2. The lowest BCUT2D eigenvalue weighted by Gasteiger charge is -2.18. The number of hydrogen-bond donors (Lipinski definition) is 2. The molecule has 2 heterocycles. The van der Waals surface area contributed by atoms with E-state index in [0.29, 0.717) is 11.7 Å². The molecule has 1 aromatic rings. The van der Waals surface area contributed by atoms with Gasteiger partial charge in [-0.15, -0.1) is 0 Å². The predicted molar refractivity (Wildman–Crippen MR) is 74.9 cm³/mol. The Bertz CT molecular complexity index is 587. The molecule has 2 unspecified atom stereocenters. The monoisotopic (exact) mass is 295 g/mol. The molecule has 108 valence electrons. The zero-order valence-electron chi connectivity index (χ0n) is 11.0. The first kappa shape index (κ1) is 13.6. The van der Waals surface area contributed by atoms with Gasteiger partial charge in [0.05, 0.1) is 0 Å². The maximum atomic E-state index is 12.2. The van der Waals surface area contributed by atoms with Crippen molar-refractivity contribution in [1.29, 1.82) is 0 Å². The molecule has 1 fully saturated rings. The van der Waals surface area contributed by atoms with Crippen molar-refractivity contribution in [3.63, 3.8) is 0 Å². The predicted octanol–water partition coefficient (Wildman–Crippen LogP) is 0.240. The normalized spacial score (nSPS) is 24.6. The van der Waals surface area contributed by atoms with Crippen molar-refractivity contribution in [3.8, 4) is 0 Å². The van der Waals surface area contributed by atoms with Gasteiger partial charge in [0.15, 0.2) is 5.16 Å². The number of nitrogens with one attached hydrogen (secondary N) is 1. The van der Waals surface area contributed by atoms with Crippen LogP contribution in [-0.4, -0.2) is 39.0 Å². The van der Waals surface area contributed by atoms with Gasteiger partial charge in [-0.25, -0.2) is 4.98 Å². The molecule has 2 atom stereocenters. The van der Waals surface area contributed by atoms with Gasteiger partial charge >= 0.3 is 0 Å². The molecule has 0 spiro atoms. The summed E-state index contributed by atoms with van der Waals surface area (Å²) >= 11 is 1.53. The summed E-state index contributed by atoms with van der Waals surface area (Å²) in [4.78, 5) is 28.6. The maximum Gasteiger partial charge on any atom is 0.267 e. The van der Waals surface area contributed by atoms with Gasteiger partial charge in [0.25, 0.3) is 11.5 Å². The van der Waals surface area contributed by atoms with E-state index in [2.05, 4.69) is 10.3 Å². The zero-order chi connectivity index (χ0) is 14.1. The Labute approximate surface area is 120 Å². The van der Waals surface area contributed by atoms with Gasteiger partial charge in [0, 0.05) is 37.1 Å². The van der Waals surface area contributed by atoms with Crippen molar-refractivity contribution in [1.82, 2.24) is 14.9 Å². The molecule has 1 aromatic heterocycles. The highest BCUT2D eigenvalue weighted by Gasteiger charge is 2.29. The Hall–Kier alpha value is -1.34. The van der Waals surface area contributed by atoms with E-state index in [9.17, 15) is 14.7 Å². The molecule has 0 saturated heterocycles. The van der Waals surface area contributed by atoms with Crippen molar-refractivity contribution in [2.75, 3.05) is 12.4 Å². The number of carbonyl (C=O) groups is 1. The van der Waals surface area contributed by atoms with Crippen molar-refractivity contribution < 1.29 is 9.90 Å². The minimum atomic E-state index is -0.375. The summed E-state index contributed by atoms with van der Waals surface area (Å²) in [6, 6.07) is -0.0421. The number of rotatable bonds is 3. The Kier molecular flexibility index (Phi) is 3.80. The van der Waals surface area contributed by atoms with Gasteiger partial charge in [-0.05, 0) is 12.8 Å². The van der Waals surface area contributed by atoms with Crippen molar-refractivity contribution >= 4 is 17.7 Å². The quantitative estimate of drug-likeness (QED) is 0.780. The van der Waals surface area contributed by atoms with Crippen LogP contribution in [0, 0.1) is 5.92 Å². The number of carbonyl (C=O) groups excluding carboxylic acids is 1. The molecule has 1 saturated carbocycles. The standard InChI is InChI=1S/C13H17N3O3S/c17-7-8-2-1-3-10(8)15-11(18)9-6-14-13-16(12(9)19)4-5-20-13/h6,8,10,17H,1-5,7H2,(H,15,18). The van der Waals surface area contributed by atoms with Crippen LogP contribution in [0.3, 0.4) is 0 Å².